The summed E-state index contributed by atoms with van der Waals surface area (Å²) in [5.74, 6) is 0.872. The van der Waals surface area contributed by atoms with Crippen molar-refractivity contribution in [2.45, 2.75) is 26.2 Å². The quantitative estimate of drug-likeness (QED) is 0.436. The molecule has 1 amide bonds. The Kier molecular flexibility index (Phi) is 4.69. The van der Waals surface area contributed by atoms with Gasteiger partial charge in [-0.2, -0.15) is 0 Å². The second-order valence-corrected chi connectivity index (χ2v) is 6.65. The van der Waals surface area contributed by atoms with E-state index in [-0.39, 0.29) is 17.8 Å². The molecular weight excluding hydrogens is 304 g/mol. The second kappa shape index (κ2) is 6.90. The van der Waals surface area contributed by atoms with Gasteiger partial charge in [0.15, 0.2) is 5.96 Å². The molecule has 24 heavy (non-hydrogen) atoms. The van der Waals surface area contributed by atoms with Crippen LogP contribution < -0.4 is 16.4 Å². The summed E-state index contributed by atoms with van der Waals surface area (Å²) in [6, 6.07) is 3.76. The van der Waals surface area contributed by atoms with Crippen molar-refractivity contribution in [2.24, 2.45) is 23.5 Å². The molecule has 2 aromatic heterocycles. The van der Waals surface area contributed by atoms with E-state index in [1.165, 1.54) is 0 Å². The molecule has 2 heterocycles. The van der Waals surface area contributed by atoms with Crippen molar-refractivity contribution in [2.75, 3.05) is 11.9 Å². The van der Waals surface area contributed by atoms with Crippen LogP contribution in [0.3, 0.4) is 0 Å². The lowest BCUT2D eigenvalue weighted by atomic mass is 9.74. The predicted molar refractivity (Wildman–Crippen MR) is 94.6 cm³/mol. The zero-order valence-corrected chi connectivity index (χ0v) is 13.8. The van der Waals surface area contributed by atoms with E-state index in [4.69, 9.17) is 11.1 Å². The van der Waals surface area contributed by atoms with Gasteiger partial charge in [0.2, 0.25) is 5.91 Å². The Morgan fingerprint density at radius 3 is 3.04 bits per heavy atom. The van der Waals surface area contributed by atoms with Gasteiger partial charge in [-0.25, -0.2) is 4.98 Å². The Hall–Kier alpha value is -2.57. The summed E-state index contributed by atoms with van der Waals surface area (Å²) in [6.07, 6.45) is 6.32. The van der Waals surface area contributed by atoms with Crippen molar-refractivity contribution in [3.8, 4) is 0 Å². The first-order valence-electron chi connectivity index (χ1n) is 8.35. The number of nitrogens with two attached hydrogens (primary N) is 1. The summed E-state index contributed by atoms with van der Waals surface area (Å²) < 4.78 is 0. The Morgan fingerprint density at radius 1 is 1.46 bits per heavy atom. The molecule has 0 bridgehead atoms. The van der Waals surface area contributed by atoms with Gasteiger partial charge in [0.1, 0.15) is 5.65 Å². The summed E-state index contributed by atoms with van der Waals surface area (Å²) in [7, 11) is 0. The molecule has 7 nitrogen and oxygen atoms in total. The molecule has 7 heteroatoms. The number of nitrogens with zero attached hydrogens (tertiary/aromatic N) is 1. The minimum atomic E-state index is 0.00993. The Labute approximate surface area is 140 Å². The number of rotatable bonds is 4. The van der Waals surface area contributed by atoms with Crippen LogP contribution in [0.5, 0.6) is 0 Å². The summed E-state index contributed by atoms with van der Waals surface area (Å²) in [4.78, 5) is 20.0. The first-order chi connectivity index (χ1) is 11.5. The number of fused-ring (bicyclic) bond motifs is 1. The molecule has 128 valence electrons. The molecule has 6 N–H and O–H groups in total. The maximum atomic E-state index is 12.7. The molecule has 3 atom stereocenters. The molecule has 0 saturated heterocycles. The molecule has 1 fully saturated rings. The van der Waals surface area contributed by atoms with Gasteiger partial charge in [0.25, 0.3) is 0 Å². The van der Waals surface area contributed by atoms with E-state index < -0.39 is 0 Å². The number of aromatic amines is 1. The van der Waals surface area contributed by atoms with Crippen LogP contribution in [0.4, 0.5) is 5.69 Å². The van der Waals surface area contributed by atoms with Gasteiger partial charge in [-0.15, -0.1) is 0 Å². The van der Waals surface area contributed by atoms with E-state index in [2.05, 4.69) is 27.5 Å². The molecule has 3 unspecified atom stereocenters. The van der Waals surface area contributed by atoms with E-state index >= 15 is 0 Å². The minimum Gasteiger partial charge on any atom is -0.370 e. The number of amides is 1. The van der Waals surface area contributed by atoms with E-state index in [9.17, 15) is 4.79 Å². The second-order valence-electron chi connectivity index (χ2n) is 6.65. The third kappa shape index (κ3) is 3.50. The smallest absolute Gasteiger partial charge is 0.227 e. The van der Waals surface area contributed by atoms with Crippen molar-refractivity contribution in [3.05, 3.63) is 24.5 Å². The summed E-state index contributed by atoms with van der Waals surface area (Å²) in [5.41, 5.74) is 6.92. The number of hydrogen-bond donors (Lipinski definition) is 5. The minimum absolute atomic E-state index is 0.00993. The largest absolute Gasteiger partial charge is 0.370 e. The molecular formula is C17H24N6O. The SMILES string of the molecule is CC1CC(CNC(=N)N)CCC1C(=O)Nc1ccnc2[nH]ccc12. The number of carbonyl (C=O) groups is 1. The van der Waals surface area contributed by atoms with Crippen LogP contribution in [0.2, 0.25) is 0 Å². The van der Waals surface area contributed by atoms with Gasteiger partial charge in [0.05, 0.1) is 5.69 Å². The van der Waals surface area contributed by atoms with Gasteiger partial charge in [-0.3, -0.25) is 10.2 Å². The van der Waals surface area contributed by atoms with Crippen molar-refractivity contribution in [3.63, 3.8) is 0 Å². The standard InChI is InChI=1S/C17H24N6O/c1-10-8-11(9-22-17(18)19)2-3-12(10)16(24)23-14-5-7-21-15-13(14)4-6-20-15/h4-7,10-12H,2-3,8-9H2,1H3,(H4,18,19,22)(H2,20,21,23,24). The van der Waals surface area contributed by atoms with Crippen LogP contribution in [0.1, 0.15) is 26.2 Å². The number of H-pyrrole nitrogens is 1. The van der Waals surface area contributed by atoms with Gasteiger partial charge in [-0.05, 0) is 43.2 Å². The molecule has 0 aromatic carbocycles. The van der Waals surface area contributed by atoms with E-state index in [0.29, 0.717) is 18.4 Å². The molecule has 0 spiro atoms. The lowest BCUT2D eigenvalue weighted by molar-refractivity contribution is -0.122. The Balaban J connectivity index is 1.62. The predicted octanol–water partition coefficient (Wildman–Crippen LogP) is 2.04. The van der Waals surface area contributed by atoms with Crippen molar-refractivity contribution >= 4 is 28.6 Å². The molecule has 1 saturated carbocycles. The van der Waals surface area contributed by atoms with Gasteiger partial charge in [-0.1, -0.05) is 6.92 Å². The topological polar surface area (TPSA) is 120 Å². The lowest BCUT2D eigenvalue weighted by Gasteiger charge is -2.33. The highest BCUT2D eigenvalue weighted by molar-refractivity contribution is 6.01. The normalized spacial score (nSPS) is 23.8. The third-order valence-electron chi connectivity index (χ3n) is 4.91. The average molecular weight is 328 g/mol. The van der Waals surface area contributed by atoms with Gasteiger partial charge in [0, 0.05) is 30.2 Å². The van der Waals surface area contributed by atoms with Crippen LogP contribution >= 0.6 is 0 Å². The van der Waals surface area contributed by atoms with Crippen molar-refractivity contribution < 1.29 is 4.79 Å². The fourth-order valence-corrected chi connectivity index (χ4v) is 3.63. The van der Waals surface area contributed by atoms with E-state index in [1.54, 1.807) is 6.20 Å². The van der Waals surface area contributed by atoms with Gasteiger partial charge < -0.3 is 21.4 Å². The highest BCUT2D eigenvalue weighted by Gasteiger charge is 2.32. The van der Waals surface area contributed by atoms with Crippen LogP contribution in [0.15, 0.2) is 24.5 Å². The highest BCUT2D eigenvalue weighted by atomic mass is 16.1. The van der Waals surface area contributed by atoms with Crippen molar-refractivity contribution in [1.29, 1.82) is 5.41 Å². The third-order valence-corrected chi connectivity index (χ3v) is 4.91. The summed E-state index contributed by atoms with van der Waals surface area (Å²) in [6.45, 7) is 2.84. The number of aromatic nitrogens is 2. The van der Waals surface area contributed by atoms with Crippen LogP contribution in [0.25, 0.3) is 11.0 Å². The number of nitrogens with one attached hydrogen (secondary N) is 4. The maximum absolute atomic E-state index is 12.7. The fourth-order valence-electron chi connectivity index (χ4n) is 3.63. The highest BCUT2D eigenvalue weighted by Crippen LogP contribution is 2.34. The molecule has 0 radical (unpaired) electrons. The number of pyridine rings is 1. The maximum Gasteiger partial charge on any atom is 0.227 e. The molecule has 1 aliphatic carbocycles. The van der Waals surface area contributed by atoms with Crippen molar-refractivity contribution in [1.82, 2.24) is 15.3 Å². The lowest BCUT2D eigenvalue weighted by Crippen LogP contribution is -2.39. The average Bonchev–Trinajstić information content (AvgIpc) is 3.02. The number of carbonyl (C=O) groups excluding carboxylic acids is 1. The fraction of sp³-hybridized carbons (Fsp3) is 0.471. The number of guanidine groups is 1. The Morgan fingerprint density at radius 2 is 2.29 bits per heavy atom. The first-order valence-corrected chi connectivity index (χ1v) is 8.35. The molecule has 3 rings (SSSR count). The number of hydrogen-bond acceptors (Lipinski definition) is 3. The van der Waals surface area contributed by atoms with E-state index in [0.717, 1.165) is 36.0 Å². The van der Waals surface area contributed by atoms with Crippen LogP contribution in [-0.2, 0) is 4.79 Å². The monoisotopic (exact) mass is 328 g/mol. The summed E-state index contributed by atoms with van der Waals surface area (Å²) in [5, 5.41) is 14.1. The zero-order valence-electron chi connectivity index (χ0n) is 13.8. The van der Waals surface area contributed by atoms with Crippen LogP contribution in [0, 0.1) is 23.2 Å². The summed E-state index contributed by atoms with van der Waals surface area (Å²) >= 11 is 0. The molecule has 2 aromatic rings. The van der Waals surface area contributed by atoms with E-state index in [1.807, 2.05) is 18.3 Å². The number of anilines is 1. The van der Waals surface area contributed by atoms with Crippen LogP contribution in [-0.4, -0.2) is 28.4 Å². The first kappa shape index (κ1) is 16.3. The zero-order chi connectivity index (χ0) is 17.1. The Bertz CT molecular complexity index is 740. The molecule has 1 aliphatic rings. The molecule has 0 aliphatic heterocycles. The van der Waals surface area contributed by atoms with Gasteiger partial charge >= 0.3 is 0 Å².